The first-order valence-electron chi connectivity index (χ1n) is 4.87. The van der Waals surface area contributed by atoms with Crippen LogP contribution in [0.1, 0.15) is 12.8 Å². The van der Waals surface area contributed by atoms with Crippen LogP contribution in [0, 0.1) is 0 Å². The second-order valence-corrected chi connectivity index (χ2v) is 3.53. The largest absolute Gasteiger partial charge is 0.481 e. The molecule has 7 nitrogen and oxygen atoms in total. The van der Waals surface area contributed by atoms with Crippen LogP contribution in [0.2, 0.25) is 0 Å². The van der Waals surface area contributed by atoms with Crippen LogP contribution in [-0.4, -0.2) is 54.2 Å². The van der Waals surface area contributed by atoms with Gasteiger partial charge in [-0.15, -0.1) is 0 Å². The lowest BCUT2D eigenvalue weighted by Gasteiger charge is -2.15. The lowest BCUT2D eigenvalue weighted by Crippen LogP contribution is -2.38. The number of carbonyl (C=O) groups is 3. The topological polar surface area (TPSA) is 95.9 Å². The maximum Gasteiger partial charge on any atom is 0.407 e. The molecule has 90 valence electrons. The van der Waals surface area contributed by atoms with Crippen LogP contribution in [0.15, 0.2) is 0 Å². The van der Waals surface area contributed by atoms with Crippen LogP contribution < -0.4 is 5.32 Å². The molecule has 0 aromatic heterocycles. The van der Waals surface area contributed by atoms with Crippen molar-refractivity contribution in [2.45, 2.75) is 18.9 Å². The van der Waals surface area contributed by atoms with Crippen LogP contribution in [0.4, 0.5) is 4.79 Å². The zero-order valence-corrected chi connectivity index (χ0v) is 8.93. The molecule has 7 heteroatoms. The molecular weight excluding hydrogens is 216 g/mol. The van der Waals surface area contributed by atoms with E-state index in [9.17, 15) is 14.4 Å². The van der Waals surface area contributed by atoms with E-state index >= 15 is 0 Å². The highest BCUT2D eigenvalue weighted by Crippen LogP contribution is 2.10. The molecule has 0 aromatic rings. The van der Waals surface area contributed by atoms with Crippen LogP contribution >= 0.6 is 0 Å². The Morgan fingerprint density at radius 3 is 2.75 bits per heavy atom. The molecule has 16 heavy (non-hydrogen) atoms. The van der Waals surface area contributed by atoms with E-state index < -0.39 is 24.4 Å². The Labute approximate surface area is 92.4 Å². The van der Waals surface area contributed by atoms with E-state index in [0.717, 1.165) is 0 Å². The summed E-state index contributed by atoms with van der Waals surface area (Å²) in [5.74, 6) is -1.57. The standard InChI is InChI=1S/C9H14N2O5/c1-16-9(15)10-6-2-3-11(5-6)7(12)4-8(13)14/h6H,2-5H2,1H3,(H,10,15)(H,13,14). The lowest BCUT2D eigenvalue weighted by molar-refractivity contribution is -0.143. The van der Waals surface area contributed by atoms with E-state index in [1.807, 2.05) is 0 Å². The summed E-state index contributed by atoms with van der Waals surface area (Å²) in [7, 11) is 1.26. The third-order valence-corrected chi connectivity index (χ3v) is 2.35. The fourth-order valence-electron chi connectivity index (χ4n) is 1.57. The van der Waals surface area contributed by atoms with Crippen molar-refractivity contribution in [1.29, 1.82) is 0 Å². The molecule has 1 aliphatic rings. The number of aliphatic carboxylic acids is 1. The van der Waals surface area contributed by atoms with Crippen molar-refractivity contribution < 1.29 is 24.2 Å². The normalized spacial score (nSPS) is 19.3. The summed E-state index contributed by atoms with van der Waals surface area (Å²) in [5, 5.41) is 11.0. The Kier molecular flexibility index (Phi) is 4.10. The van der Waals surface area contributed by atoms with Gasteiger partial charge in [0.1, 0.15) is 6.42 Å². The number of methoxy groups -OCH3 is 1. The van der Waals surface area contributed by atoms with E-state index in [1.165, 1.54) is 12.0 Å². The summed E-state index contributed by atoms with van der Waals surface area (Å²) < 4.78 is 4.42. The van der Waals surface area contributed by atoms with E-state index in [-0.39, 0.29) is 6.04 Å². The first-order valence-corrected chi connectivity index (χ1v) is 4.87. The van der Waals surface area contributed by atoms with Gasteiger partial charge >= 0.3 is 12.1 Å². The number of likely N-dealkylation sites (tertiary alicyclic amines) is 1. The molecule has 0 spiro atoms. The number of nitrogens with one attached hydrogen (secondary N) is 1. The zero-order valence-electron chi connectivity index (χ0n) is 8.93. The molecule has 2 N–H and O–H groups in total. The third-order valence-electron chi connectivity index (χ3n) is 2.35. The molecular formula is C9H14N2O5. The fourth-order valence-corrected chi connectivity index (χ4v) is 1.57. The predicted octanol–water partition coefficient (Wildman–Crippen LogP) is -0.582. The van der Waals surface area contributed by atoms with Gasteiger partial charge in [0.05, 0.1) is 13.2 Å². The van der Waals surface area contributed by atoms with Crippen molar-refractivity contribution in [1.82, 2.24) is 10.2 Å². The molecule has 1 saturated heterocycles. The highest BCUT2D eigenvalue weighted by atomic mass is 16.5. The van der Waals surface area contributed by atoms with Crippen molar-refractivity contribution in [3.8, 4) is 0 Å². The van der Waals surface area contributed by atoms with Crippen LogP contribution in [0.5, 0.6) is 0 Å². The minimum Gasteiger partial charge on any atom is -0.481 e. The van der Waals surface area contributed by atoms with Gasteiger partial charge in [-0.25, -0.2) is 4.79 Å². The minimum absolute atomic E-state index is 0.162. The van der Waals surface area contributed by atoms with Gasteiger partial charge in [0, 0.05) is 13.1 Å². The molecule has 2 amide bonds. The molecule has 0 bridgehead atoms. The van der Waals surface area contributed by atoms with E-state index in [2.05, 4.69) is 10.1 Å². The predicted molar refractivity (Wildman–Crippen MR) is 52.8 cm³/mol. The van der Waals surface area contributed by atoms with Crippen LogP contribution in [0.25, 0.3) is 0 Å². The van der Waals surface area contributed by atoms with Gasteiger partial charge in [0.2, 0.25) is 5.91 Å². The summed E-state index contributed by atoms with van der Waals surface area (Å²) in [6.07, 6.45) is -0.441. The Bertz CT molecular complexity index is 304. The SMILES string of the molecule is COC(=O)NC1CCN(C(=O)CC(=O)O)C1. The monoisotopic (exact) mass is 230 g/mol. The number of hydrogen-bond acceptors (Lipinski definition) is 4. The van der Waals surface area contributed by atoms with Gasteiger partial charge in [0.15, 0.2) is 0 Å². The first kappa shape index (κ1) is 12.3. The number of nitrogens with zero attached hydrogens (tertiary/aromatic N) is 1. The molecule has 0 saturated carbocycles. The molecule has 0 aromatic carbocycles. The Balaban J connectivity index is 2.37. The van der Waals surface area contributed by atoms with Crippen LogP contribution in [-0.2, 0) is 14.3 Å². The second-order valence-electron chi connectivity index (χ2n) is 3.53. The van der Waals surface area contributed by atoms with E-state index in [0.29, 0.717) is 19.5 Å². The molecule has 1 atom stereocenters. The minimum atomic E-state index is -1.14. The fraction of sp³-hybridized carbons (Fsp3) is 0.667. The summed E-state index contributed by atoms with van der Waals surface area (Å²) in [6.45, 7) is 0.794. The number of carboxylic acids is 1. The van der Waals surface area contributed by atoms with Crippen molar-refractivity contribution in [3.63, 3.8) is 0 Å². The number of ether oxygens (including phenoxy) is 1. The highest BCUT2D eigenvalue weighted by Gasteiger charge is 2.28. The second kappa shape index (κ2) is 5.34. The average molecular weight is 230 g/mol. The third kappa shape index (κ3) is 3.41. The number of alkyl carbamates (subject to hydrolysis) is 1. The average Bonchev–Trinajstić information content (AvgIpc) is 2.65. The van der Waals surface area contributed by atoms with Gasteiger partial charge in [-0.3, -0.25) is 9.59 Å². The Morgan fingerprint density at radius 1 is 1.50 bits per heavy atom. The van der Waals surface area contributed by atoms with Gasteiger partial charge in [-0.2, -0.15) is 0 Å². The van der Waals surface area contributed by atoms with Gasteiger partial charge in [-0.05, 0) is 6.42 Å². The molecule has 0 aliphatic carbocycles. The molecule has 1 aliphatic heterocycles. The molecule has 0 radical (unpaired) electrons. The smallest absolute Gasteiger partial charge is 0.407 e. The summed E-state index contributed by atoms with van der Waals surface area (Å²) in [5.41, 5.74) is 0. The van der Waals surface area contributed by atoms with Crippen LogP contribution in [0.3, 0.4) is 0 Å². The van der Waals surface area contributed by atoms with Crippen molar-refractivity contribution >= 4 is 18.0 Å². The molecule has 1 rings (SSSR count). The van der Waals surface area contributed by atoms with E-state index in [1.54, 1.807) is 0 Å². The van der Waals surface area contributed by atoms with Gasteiger partial charge in [-0.1, -0.05) is 0 Å². The first-order chi connectivity index (χ1) is 7.52. The number of rotatable bonds is 3. The summed E-state index contributed by atoms with van der Waals surface area (Å²) in [4.78, 5) is 34.0. The number of carboxylic acid groups (broad SMARTS) is 1. The maximum atomic E-state index is 11.4. The van der Waals surface area contributed by atoms with Crippen molar-refractivity contribution in [2.24, 2.45) is 0 Å². The maximum absolute atomic E-state index is 11.4. The van der Waals surface area contributed by atoms with Gasteiger partial charge in [0.25, 0.3) is 0 Å². The molecule has 1 unspecified atom stereocenters. The Hall–Kier alpha value is -1.79. The molecule has 1 heterocycles. The molecule has 1 fully saturated rings. The Morgan fingerprint density at radius 2 is 2.19 bits per heavy atom. The lowest BCUT2D eigenvalue weighted by atomic mass is 10.3. The van der Waals surface area contributed by atoms with Crippen molar-refractivity contribution in [3.05, 3.63) is 0 Å². The highest BCUT2D eigenvalue weighted by molar-refractivity contribution is 5.93. The van der Waals surface area contributed by atoms with Gasteiger partial charge < -0.3 is 20.1 Å². The summed E-state index contributed by atoms with van der Waals surface area (Å²) >= 11 is 0. The quantitative estimate of drug-likeness (QED) is 0.632. The summed E-state index contributed by atoms with van der Waals surface area (Å²) in [6, 6.07) is -0.162. The number of amides is 2. The van der Waals surface area contributed by atoms with E-state index in [4.69, 9.17) is 5.11 Å². The number of hydrogen-bond donors (Lipinski definition) is 2. The number of carbonyl (C=O) groups excluding carboxylic acids is 2. The van der Waals surface area contributed by atoms with Crippen molar-refractivity contribution in [2.75, 3.05) is 20.2 Å². The zero-order chi connectivity index (χ0) is 12.1.